The number of nitrogens with zero attached hydrogens (tertiary/aromatic N) is 5. The van der Waals surface area contributed by atoms with Gasteiger partial charge in [0.1, 0.15) is 12.0 Å². The molecule has 0 bridgehead atoms. The molecule has 5 heterocycles. The third kappa shape index (κ3) is 5.34. The van der Waals surface area contributed by atoms with Gasteiger partial charge in [-0.3, -0.25) is 19.0 Å². The third-order valence-corrected chi connectivity index (χ3v) is 9.78. The molecule has 2 fully saturated rings. The molecule has 0 saturated carbocycles. The molecule has 1 aromatic carbocycles. The van der Waals surface area contributed by atoms with Crippen LogP contribution in [0, 0.1) is 5.92 Å². The minimum Gasteiger partial charge on any atom is -0.388 e. The molecular weight excluding hydrogens is 552 g/mol. The van der Waals surface area contributed by atoms with E-state index in [1.807, 2.05) is 65.7 Å². The van der Waals surface area contributed by atoms with Gasteiger partial charge >= 0.3 is 0 Å². The summed E-state index contributed by atoms with van der Waals surface area (Å²) in [6.45, 7) is 1.95. The standard InChI is InChI=1S/C31H36N6O4S/c1-32-22-16-26(42-18-22)30(40)36-13-9-23(25(17-36)21-6-4-3-5-7-21)28(38)35-14-10-31(41,11-15-35)19-37-20-33-27-24(29(37)39)8-12-34(27)2/h3-8,12,16,18,20,23,25,32,41H,9-11,13-15,17,19H2,1-2H3/t23-,25+/m1/s1. The summed E-state index contributed by atoms with van der Waals surface area (Å²) in [5.74, 6) is -0.319. The molecule has 11 heteroatoms. The number of hydrogen-bond donors (Lipinski definition) is 2. The van der Waals surface area contributed by atoms with Crippen LogP contribution in [0.3, 0.4) is 0 Å². The third-order valence-electron chi connectivity index (χ3n) is 8.86. The Bertz CT molecular complexity index is 1650. The highest BCUT2D eigenvalue weighted by atomic mass is 32.1. The van der Waals surface area contributed by atoms with E-state index in [0.29, 0.717) is 61.4 Å². The van der Waals surface area contributed by atoms with Crippen molar-refractivity contribution < 1.29 is 14.7 Å². The van der Waals surface area contributed by atoms with E-state index in [0.717, 1.165) is 11.3 Å². The summed E-state index contributed by atoms with van der Waals surface area (Å²) in [7, 11) is 3.67. The average molecular weight is 589 g/mol. The number of nitrogens with one attached hydrogen (secondary N) is 1. The number of carbonyl (C=O) groups excluding carboxylic acids is 2. The number of fused-ring (bicyclic) bond motifs is 1. The molecule has 2 amide bonds. The van der Waals surface area contributed by atoms with E-state index in [9.17, 15) is 19.5 Å². The van der Waals surface area contributed by atoms with Gasteiger partial charge in [-0.25, -0.2) is 4.98 Å². The van der Waals surface area contributed by atoms with E-state index in [1.165, 1.54) is 22.2 Å². The fourth-order valence-electron chi connectivity index (χ4n) is 6.35. The molecule has 2 aliphatic heterocycles. The highest BCUT2D eigenvalue weighted by Crippen LogP contribution is 2.36. The molecule has 2 N–H and O–H groups in total. The molecule has 0 unspecified atom stereocenters. The van der Waals surface area contributed by atoms with Gasteiger partial charge in [0.15, 0.2) is 0 Å². The zero-order chi connectivity index (χ0) is 29.4. The zero-order valence-electron chi connectivity index (χ0n) is 23.9. The average Bonchev–Trinajstić information content (AvgIpc) is 3.65. The maximum Gasteiger partial charge on any atom is 0.264 e. The summed E-state index contributed by atoms with van der Waals surface area (Å²) in [5.41, 5.74) is 1.30. The van der Waals surface area contributed by atoms with Gasteiger partial charge in [-0.1, -0.05) is 30.3 Å². The maximum absolute atomic E-state index is 14.0. The summed E-state index contributed by atoms with van der Waals surface area (Å²) in [6.07, 6.45) is 4.62. The lowest BCUT2D eigenvalue weighted by Gasteiger charge is -2.43. The van der Waals surface area contributed by atoms with E-state index in [1.54, 1.807) is 16.8 Å². The fraction of sp³-hybridized carbons (Fsp3) is 0.419. The molecule has 4 aromatic rings. The van der Waals surface area contributed by atoms with Crippen LogP contribution in [0.5, 0.6) is 0 Å². The number of anilines is 1. The Labute approximate surface area is 248 Å². The van der Waals surface area contributed by atoms with Crippen molar-refractivity contribution in [1.82, 2.24) is 23.9 Å². The molecule has 2 saturated heterocycles. The van der Waals surface area contributed by atoms with Gasteiger partial charge in [-0.05, 0) is 37.0 Å². The summed E-state index contributed by atoms with van der Waals surface area (Å²) in [5, 5.41) is 16.9. The van der Waals surface area contributed by atoms with Crippen LogP contribution in [0.2, 0.25) is 0 Å². The number of likely N-dealkylation sites (tertiary alicyclic amines) is 2. The van der Waals surface area contributed by atoms with Crippen molar-refractivity contribution in [3.63, 3.8) is 0 Å². The van der Waals surface area contributed by atoms with Gasteiger partial charge in [-0.2, -0.15) is 0 Å². The van der Waals surface area contributed by atoms with Gasteiger partial charge < -0.3 is 24.8 Å². The van der Waals surface area contributed by atoms with Gasteiger partial charge in [-0.15, -0.1) is 11.3 Å². The van der Waals surface area contributed by atoms with E-state index < -0.39 is 5.60 Å². The van der Waals surface area contributed by atoms with Crippen LogP contribution in [-0.2, 0) is 18.4 Å². The summed E-state index contributed by atoms with van der Waals surface area (Å²) >= 11 is 1.43. The van der Waals surface area contributed by atoms with Crippen LogP contribution >= 0.6 is 11.3 Å². The molecular formula is C31H36N6O4S. The summed E-state index contributed by atoms with van der Waals surface area (Å²) in [4.78, 5) is 49.1. The Kier molecular flexibility index (Phi) is 7.63. The van der Waals surface area contributed by atoms with Gasteiger partial charge in [0.25, 0.3) is 11.5 Å². The van der Waals surface area contributed by atoms with Crippen molar-refractivity contribution in [3.8, 4) is 0 Å². The first-order chi connectivity index (χ1) is 20.3. The Balaban J connectivity index is 1.15. The molecule has 220 valence electrons. The maximum atomic E-state index is 14.0. The predicted octanol–water partition coefficient (Wildman–Crippen LogP) is 3.14. The number of rotatable bonds is 6. The smallest absolute Gasteiger partial charge is 0.264 e. The molecule has 0 radical (unpaired) electrons. The molecule has 42 heavy (non-hydrogen) atoms. The molecule has 0 aliphatic carbocycles. The highest BCUT2D eigenvalue weighted by molar-refractivity contribution is 7.12. The Morgan fingerprint density at radius 3 is 2.60 bits per heavy atom. The number of aryl methyl sites for hydroxylation is 1. The number of piperidine rings is 2. The lowest BCUT2D eigenvalue weighted by atomic mass is 9.79. The van der Waals surface area contributed by atoms with Crippen LogP contribution in [0.25, 0.3) is 11.0 Å². The second-order valence-corrected chi connectivity index (χ2v) is 12.4. The SMILES string of the molecule is CNc1csc(C(=O)N2CC[C@@H](C(=O)N3CCC(O)(Cn4cnc5c(ccn5C)c4=O)CC3)[C@H](c3ccccc3)C2)c1. The molecule has 3 aromatic heterocycles. The number of aliphatic hydroxyl groups is 1. The molecule has 2 aliphatic rings. The van der Waals surface area contributed by atoms with Crippen LogP contribution in [0.15, 0.2) is 65.2 Å². The Morgan fingerprint density at radius 1 is 1.12 bits per heavy atom. The van der Waals surface area contributed by atoms with Gasteiger partial charge in [0.2, 0.25) is 5.91 Å². The minimum absolute atomic E-state index is 0.00482. The number of carbonyl (C=O) groups is 2. The van der Waals surface area contributed by atoms with Crippen LogP contribution < -0.4 is 10.9 Å². The summed E-state index contributed by atoms with van der Waals surface area (Å²) < 4.78 is 3.27. The fourth-order valence-corrected chi connectivity index (χ4v) is 7.22. The topological polar surface area (TPSA) is 113 Å². The first-order valence-electron chi connectivity index (χ1n) is 14.4. The van der Waals surface area contributed by atoms with E-state index in [-0.39, 0.29) is 35.8 Å². The number of amides is 2. The normalized spacial score (nSPS) is 20.5. The van der Waals surface area contributed by atoms with Crippen LogP contribution in [0.4, 0.5) is 5.69 Å². The lowest BCUT2D eigenvalue weighted by molar-refractivity contribution is -0.142. The quantitative estimate of drug-likeness (QED) is 0.358. The first-order valence-corrected chi connectivity index (χ1v) is 15.3. The summed E-state index contributed by atoms with van der Waals surface area (Å²) in [6, 6.07) is 13.6. The number of aromatic nitrogens is 3. The van der Waals surface area contributed by atoms with E-state index in [2.05, 4.69) is 10.3 Å². The van der Waals surface area contributed by atoms with Crippen LogP contribution in [0.1, 0.15) is 40.4 Å². The molecule has 2 atom stereocenters. The van der Waals surface area contributed by atoms with E-state index >= 15 is 0 Å². The molecule has 0 spiro atoms. The molecule has 10 nitrogen and oxygen atoms in total. The van der Waals surface area contributed by atoms with Crippen molar-refractivity contribution in [2.24, 2.45) is 13.0 Å². The Morgan fingerprint density at radius 2 is 1.88 bits per heavy atom. The Hall–Kier alpha value is -3.96. The van der Waals surface area contributed by atoms with Crippen molar-refractivity contribution in [3.05, 3.63) is 81.2 Å². The first kappa shape index (κ1) is 28.2. The number of thiophene rings is 1. The zero-order valence-corrected chi connectivity index (χ0v) is 24.7. The van der Waals surface area contributed by atoms with E-state index in [4.69, 9.17) is 0 Å². The predicted molar refractivity (Wildman–Crippen MR) is 163 cm³/mol. The second-order valence-electron chi connectivity index (χ2n) is 11.5. The second kappa shape index (κ2) is 11.4. The van der Waals surface area contributed by atoms with Crippen LogP contribution in [-0.4, -0.2) is 79.7 Å². The van der Waals surface area contributed by atoms with Crippen molar-refractivity contribution >= 4 is 39.9 Å². The van der Waals surface area contributed by atoms with Gasteiger partial charge in [0.05, 0.1) is 22.4 Å². The minimum atomic E-state index is -1.10. The number of hydrogen-bond acceptors (Lipinski definition) is 7. The monoisotopic (exact) mass is 588 g/mol. The largest absolute Gasteiger partial charge is 0.388 e. The highest BCUT2D eigenvalue weighted by Gasteiger charge is 2.41. The molecule has 6 rings (SSSR count). The lowest BCUT2D eigenvalue weighted by Crippen LogP contribution is -2.53. The van der Waals surface area contributed by atoms with Crippen molar-refractivity contribution in [1.29, 1.82) is 0 Å². The van der Waals surface area contributed by atoms with Crippen molar-refractivity contribution in [2.45, 2.75) is 37.3 Å². The van der Waals surface area contributed by atoms with Crippen molar-refractivity contribution in [2.75, 3.05) is 38.5 Å². The van der Waals surface area contributed by atoms with Gasteiger partial charge in [0, 0.05) is 69.4 Å². The number of benzene rings is 1.